The molecule has 8 N–H and O–H groups in total. The maximum atomic E-state index is 9.82. The summed E-state index contributed by atoms with van der Waals surface area (Å²) in [4.78, 5) is 7.82. The molecule has 9 nitrogen and oxygen atoms in total. The number of aliphatic hydroxyl groups is 6. The molecule has 0 bridgehead atoms. The Balaban J connectivity index is 2.69. The fourth-order valence-electron chi connectivity index (χ4n) is 1.61. The van der Waals surface area contributed by atoms with E-state index in [1.165, 1.54) is 12.4 Å². The van der Waals surface area contributed by atoms with Gasteiger partial charge in [-0.25, -0.2) is 0 Å². The van der Waals surface area contributed by atoms with Gasteiger partial charge in [-0.05, 0) is 0 Å². The summed E-state index contributed by atoms with van der Waals surface area (Å²) in [6.45, 7) is -1.06. The third kappa shape index (κ3) is 4.93. The standard InChI is InChI=1S/C12H21N3O6/c13-7(4-16)11(20)12(21)8-3-14-6(2-15-8)1-9(18)10(19)5-17/h2-3,7,9-12,16-21H,1,4-5,13H2/t7-,9+,10-,11-,12-/m1/s1. The summed E-state index contributed by atoms with van der Waals surface area (Å²) in [5.41, 5.74) is 5.81. The summed E-state index contributed by atoms with van der Waals surface area (Å²) in [6.07, 6.45) is -2.81. The van der Waals surface area contributed by atoms with Gasteiger partial charge in [0, 0.05) is 12.6 Å². The Morgan fingerprint density at radius 1 is 0.952 bits per heavy atom. The van der Waals surface area contributed by atoms with E-state index in [4.69, 9.17) is 15.9 Å². The number of rotatable bonds is 8. The van der Waals surface area contributed by atoms with E-state index in [-0.39, 0.29) is 12.1 Å². The van der Waals surface area contributed by atoms with Gasteiger partial charge in [-0.3, -0.25) is 9.97 Å². The lowest BCUT2D eigenvalue weighted by molar-refractivity contribution is -0.0142. The second kappa shape index (κ2) is 8.29. The number of nitrogens with zero attached hydrogens (tertiary/aromatic N) is 2. The molecule has 0 radical (unpaired) electrons. The lowest BCUT2D eigenvalue weighted by atomic mass is 10.0. The lowest BCUT2D eigenvalue weighted by Crippen LogP contribution is -2.42. The molecule has 1 aromatic rings. The van der Waals surface area contributed by atoms with Gasteiger partial charge in [0.2, 0.25) is 0 Å². The number of hydrogen-bond donors (Lipinski definition) is 7. The third-order valence-corrected chi connectivity index (χ3v) is 3.05. The van der Waals surface area contributed by atoms with Crippen LogP contribution in [0.1, 0.15) is 17.5 Å². The number of aromatic nitrogens is 2. The molecule has 0 aliphatic carbocycles. The molecule has 1 rings (SSSR count). The molecule has 0 spiro atoms. The number of hydrogen-bond acceptors (Lipinski definition) is 9. The van der Waals surface area contributed by atoms with Gasteiger partial charge in [0.15, 0.2) is 0 Å². The molecule has 120 valence electrons. The third-order valence-electron chi connectivity index (χ3n) is 3.05. The van der Waals surface area contributed by atoms with Crippen LogP contribution in [0.3, 0.4) is 0 Å². The summed E-state index contributed by atoms with van der Waals surface area (Å²) >= 11 is 0. The quantitative estimate of drug-likeness (QED) is 0.256. The van der Waals surface area contributed by atoms with Crippen LogP contribution in [-0.2, 0) is 6.42 Å². The smallest absolute Gasteiger partial charge is 0.125 e. The summed E-state index contributed by atoms with van der Waals surface area (Å²) in [7, 11) is 0. The minimum atomic E-state index is -1.40. The van der Waals surface area contributed by atoms with E-state index in [0.717, 1.165) is 0 Å². The Hall–Kier alpha value is -1.20. The van der Waals surface area contributed by atoms with Crippen LogP contribution in [0.4, 0.5) is 0 Å². The van der Waals surface area contributed by atoms with E-state index in [1.54, 1.807) is 0 Å². The summed E-state index contributed by atoms with van der Waals surface area (Å²) in [5, 5.41) is 55.8. The molecule has 0 saturated heterocycles. The molecule has 0 aromatic carbocycles. The molecular weight excluding hydrogens is 282 g/mol. The average molecular weight is 303 g/mol. The maximum absolute atomic E-state index is 9.82. The van der Waals surface area contributed by atoms with E-state index >= 15 is 0 Å². The fraction of sp³-hybridized carbons (Fsp3) is 0.667. The highest BCUT2D eigenvalue weighted by molar-refractivity contribution is 5.08. The van der Waals surface area contributed by atoms with Crippen LogP contribution in [0.25, 0.3) is 0 Å². The van der Waals surface area contributed by atoms with Gasteiger partial charge in [-0.15, -0.1) is 0 Å². The van der Waals surface area contributed by atoms with E-state index in [2.05, 4.69) is 9.97 Å². The van der Waals surface area contributed by atoms with E-state index in [1.807, 2.05) is 0 Å². The first-order valence-corrected chi connectivity index (χ1v) is 6.41. The van der Waals surface area contributed by atoms with Crippen LogP contribution in [0.2, 0.25) is 0 Å². The van der Waals surface area contributed by atoms with Crippen molar-refractivity contribution in [3.63, 3.8) is 0 Å². The topological polar surface area (TPSA) is 173 Å². The largest absolute Gasteiger partial charge is 0.395 e. The van der Waals surface area contributed by atoms with Crippen molar-refractivity contribution in [2.24, 2.45) is 5.73 Å². The van der Waals surface area contributed by atoms with E-state index in [9.17, 15) is 20.4 Å². The zero-order valence-corrected chi connectivity index (χ0v) is 11.3. The number of aliphatic hydroxyl groups excluding tert-OH is 6. The molecule has 0 amide bonds. The minimum absolute atomic E-state index is 0.0240. The minimum Gasteiger partial charge on any atom is -0.395 e. The van der Waals surface area contributed by atoms with Crippen molar-refractivity contribution in [2.45, 2.75) is 36.9 Å². The summed E-state index contributed by atoms with van der Waals surface area (Å²) in [5.74, 6) is 0. The Labute approximate surface area is 121 Å². The van der Waals surface area contributed by atoms with Crippen LogP contribution >= 0.6 is 0 Å². The molecule has 1 aromatic heterocycles. The van der Waals surface area contributed by atoms with Crippen molar-refractivity contribution in [3.05, 3.63) is 23.8 Å². The van der Waals surface area contributed by atoms with Gasteiger partial charge < -0.3 is 36.4 Å². The van der Waals surface area contributed by atoms with Crippen molar-refractivity contribution < 1.29 is 30.6 Å². The predicted octanol–water partition coefficient (Wildman–Crippen LogP) is -3.55. The normalized spacial score (nSPS) is 18.8. The zero-order valence-electron chi connectivity index (χ0n) is 11.3. The van der Waals surface area contributed by atoms with Gasteiger partial charge in [0.25, 0.3) is 0 Å². The van der Waals surface area contributed by atoms with Gasteiger partial charge in [0.1, 0.15) is 18.3 Å². The Kier molecular flexibility index (Phi) is 7.05. The van der Waals surface area contributed by atoms with Crippen LogP contribution < -0.4 is 5.73 Å². The van der Waals surface area contributed by atoms with Crippen molar-refractivity contribution in [3.8, 4) is 0 Å². The van der Waals surface area contributed by atoms with Gasteiger partial charge >= 0.3 is 0 Å². The van der Waals surface area contributed by atoms with Gasteiger partial charge in [-0.2, -0.15) is 0 Å². The molecule has 1 heterocycles. The molecule has 5 atom stereocenters. The van der Waals surface area contributed by atoms with E-state index in [0.29, 0.717) is 5.69 Å². The van der Waals surface area contributed by atoms with Gasteiger partial charge in [0.05, 0.1) is 42.9 Å². The Morgan fingerprint density at radius 3 is 2.10 bits per heavy atom. The first-order valence-electron chi connectivity index (χ1n) is 6.41. The highest BCUT2D eigenvalue weighted by Crippen LogP contribution is 2.16. The Morgan fingerprint density at radius 2 is 1.62 bits per heavy atom. The second-order valence-corrected chi connectivity index (χ2v) is 4.74. The Bertz CT molecular complexity index is 418. The van der Waals surface area contributed by atoms with Crippen molar-refractivity contribution in [1.82, 2.24) is 9.97 Å². The molecular formula is C12H21N3O6. The average Bonchev–Trinajstić information content (AvgIpc) is 2.52. The molecule has 0 fully saturated rings. The van der Waals surface area contributed by atoms with Crippen LogP contribution in [-0.4, -0.2) is 78.2 Å². The summed E-state index contributed by atoms with van der Waals surface area (Å²) < 4.78 is 0. The van der Waals surface area contributed by atoms with Crippen LogP contribution in [0, 0.1) is 0 Å². The van der Waals surface area contributed by atoms with Gasteiger partial charge in [-0.1, -0.05) is 0 Å². The molecule has 9 heteroatoms. The van der Waals surface area contributed by atoms with Crippen molar-refractivity contribution >= 4 is 0 Å². The number of nitrogens with two attached hydrogens (primary N) is 1. The highest BCUT2D eigenvalue weighted by atomic mass is 16.4. The maximum Gasteiger partial charge on any atom is 0.125 e. The van der Waals surface area contributed by atoms with E-state index < -0.39 is 43.7 Å². The first-order chi connectivity index (χ1) is 9.90. The molecule has 0 unspecified atom stereocenters. The molecule has 0 aliphatic heterocycles. The highest BCUT2D eigenvalue weighted by Gasteiger charge is 2.26. The van der Waals surface area contributed by atoms with Crippen LogP contribution in [0.5, 0.6) is 0 Å². The SMILES string of the molecule is N[C@H](CO)[C@@H](O)[C@H](O)c1cnc(C[C@H](O)[C@H](O)CO)cn1. The zero-order chi connectivity index (χ0) is 16.0. The molecule has 21 heavy (non-hydrogen) atoms. The molecule has 0 saturated carbocycles. The predicted molar refractivity (Wildman–Crippen MR) is 70.9 cm³/mol. The summed E-state index contributed by atoms with van der Waals surface area (Å²) in [6, 6.07) is -1.01. The molecule has 0 aliphatic rings. The van der Waals surface area contributed by atoms with Crippen molar-refractivity contribution in [1.29, 1.82) is 0 Å². The fourth-order valence-corrected chi connectivity index (χ4v) is 1.61. The second-order valence-electron chi connectivity index (χ2n) is 4.74. The van der Waals surface area contributed by atoms with Crippen molar-refractivity contribution in [2.75, 3.05) is 13.2 Å². The lowest BCUT2D eigenvalue weighted by Gasteiger charge is -2.21. The monoisotopic (exact) mass is 303 g/mol. The van der Waals surface area contributed by atoms with Crippen LogP contribution in [0.15, 0.2) is 12.4 Å². The first kappa shape index (κ1) is 17.9.